The fourth-order valence-corrected chi connectivity index (χ4v) is 3.06. The Morgan fingerprint density at radius 3 is 3.08 bits per heavy atom. The summed E-state index contributed by atoms with van der Waals surface area (Å²) in [7, 11) is 0. The Morgan fingerprint density at radius 1 is 1.32 bits per heavy atom. The molecule has 0 spiro atoms. The summed E-state index contributed by atoms with van der Waals surface area (Å²) in [6.07, 6.45) is 3.59. The zero-order chi connectivity index (χ0) is 17.4. The van der Waals surface area contributed by atoms with Crippen LogP contribution < -0.4 is 10.1 Å². The first-order valence-electron chi connectivity index (χ1n) is 7.97. The summed E-state index contributed by atoms with van der Waals surface area (Å²) < 4.78 is 5.65. The summed E-state index contributed by atoms with van der Waals surface area (Å²) >= 11 is 6.01. The van der Waals surface area contributed by atoms with Gasteiger partial charge in [-0.25, -0.2) is 0 Å². The first-order chi connectivity index (χ1) is 12.1. The average Bonchev–Trinajstić information content (AvgIpc) is 3.08. The number of ether oxygens (including phenoxy) is 1. The second-order valence-corrected chi connectivity index (χ2v) is 6.49. The number of hydrogen-bond acceptors (Lipinski definition) is 3. The molecule has 2 aromatic carbocycles. The van der Waals surface area contributed by atoms with Crippen LogP contribution in [0, 0.1) is 0 Å². The molecule has 4 rings (SSSR count). The zero-order valence-corrected chi connectivity index (χ0v) is 14.3. The van der Waals surface area contributed by atoms with Crippen LogP contribution in [-0.2, 0) is 4.79 Å². The van der Waals surface area contributed by atoms with Gasteiger partial charge in [-0.05, 0) is 48.9 Å². The van der Waals surface area contributed by atoms with Crippen molar-refractivity contribution < 1.29 is 9.53 Å². The van der Waals surface area contributed by atoms with Crippen molar-refractivity contribution in [3.63, 3.8) is 0 Å². The molecule has 1 aromatic heterocycles. The number of nitrogens with zero attached hydrogens (tertiary/aromatic N) is 1. The lowest BCUT2D eigenvalue weighted by molar-refractivity contribution is -0.118. The summed E-state index contributed by atoms with van der Waals surface area (Å²) in [6, 6.07) is 11.2. The average molecular weight is 354 g/mol. The molecule has 6 heteroatoms. The third-order valence-corrected chi connectivity index (χ3v) is 4.52. The van der Waals surface area contributed by atoms with Gasteiger partial charge >= 0.3 is 0 Å². The van der Waals surface area contributed by atoms with Crippen LogP contribution in [0.1, 0.15) is 24.1 Å². The lowest BCUT2D eigenvalue weighted by atomic mass is 10.0. The summed E-state index contributed by atoms with van der Waals surface area (Å²) in [5, 5.41) is 11.6. The number of halogens is 1. The SMILES string of the molecule is CC(NC(=O)C1=Cc2cc(Cl)ccc2OC1)c1ccc2[nH]ncc2c1. The molecule has 126 valence electrons. The molecule has 3 aromatic rings. The minimum absolute atomic E-state index is 0.131. The number of hydrogen-bond donors (Lipinski definition) is 2. The van der Waals surface area contributed by atoms with Gasteiger partial charge < -0.3 is 10.1 Å². The monoisotopic (exact) mass is 353 g/mol. The van der Waals surface area contributed by atoms with Gasteiger partial charge in [0.1, 0.15) is 12.4 Å². The Balaban J connectivity index is 1.53. The van der Waals surface area contributed by atoms with E-state index in [-0.39, 0.29) is 18.6 Å². The Bertz CT molecular complexity index is 993. The maximum absolute atomic E-state index is 12.6. The molecule has 1 atom stereocenters. The van der Waals surface area contributed by atoms with Crippen LogP contribution in [0.2, 0.25) is 5.02 Å². The Hall–Kier alpha value is -2.79. The molecule has 0 saturated carbocycles. The number of nitrogens with one attached hydrogen (secondary N) is 2. The van der Waals surface area contributed by atoms with Crippen molar-refractivity contribution in [2.24, 2.45) is 0 Å². The molecule has 0 saturated heterocycles. The van der Waals surface area contributed by atoms with E-state index in [1.165, 1.54) is 0 Å². The third kappa shape index (κ3) is 3.10. The number of benzene rings is 2. The van der Waals surface area contributed by atoms with Crippen LogP contribution in [0.4, 0.5) is 0 Å². The van der Waals surface area contributed by atoms with Crippen molar-refractivity contribution in [2.75, 3.05) is 6.61 Å². The first-order valence-corrected chi connectivity index (χ1v) is 8.35. The molecule has 1 amide bonds. The van der Waals surface area contributed by atoms with E-state index in [1.807, 2.05) is 37.3 Å². The van der Waals surface area contributed by atoms with Gasteiger partial charge in [0.25, 0.3) is 5.91 Å². The van der Waals surface area contributed by atoms with E-state index in [0.29, 0.717) is 10.6 Å². The van der Waals surface area contributed by atoms with Crippen LogP contribution in [0.5, 0.6) is 5.75 Å². The molecule has 0 fully saturated rings. The highest BCUT2D eigenvalue weighted by Crippen LogP contribution is 2.29. The molecular formula is C19H16ClN3O2. The summed E-state index contributed by atoms with van der Waals surface area (Å²) in [5.41, 5.74) is 3.38. The van der Waals surface area contributed by atoms with Crippen LogP contribution in [-0.4, -0.2) is 22.7 Å². The zero-order valence-electron chi connectivity index (χ0n) is 13.5. The third-order valence-electron chi connectivity index (χ3n) is 4.29. The predicted molar refractivity (Wildman–Crippen MR) is 97.6 cm³/mol. The molecule has 0 radical (unpaired) electrons. The summed E-state index contributed by atoms with van der Waals surface area (Å²) in [5.74, 6) is 0.588. The Morgan fingerprint density at radius 2 is 2.20 bits per heavy atom. The highest BCUT2D eigenvalue weighted by atomic mass is 35.5. The minimum Gasteiger partial charge on any atom is -0.488 e. The maximum atomic E-state index is 12.6. The highest BCUT2D eigenvalue weighted by Gasteiger charge is 2.19. The molecule has 1 aliphatic heterocycles. The molecule has 1 aliphatic rings. The van der Waals surface area contributed by atoms with E-state index in [0.717, 1.165) is 27.8 Å². The summed E-state index contributed by atoms with van der Waals surface area (Å²) in [6.45, 7) is 2.20. The van der Waals surface area contributed by atoms with Crippen LogP contribution in [0.3, 0.4) is 0 Å². The van der Waals surface area contributed by atoms with E-state index in [9.17, 15) is 4.79 Å². The lowest BCUT2D eigenvalue weighted by Crippen LogP contribution is -2.30. The smallest absolute Gasteiger partial charge is 0.251 e. The van der Waals surface area contributed by atoms with Gasteiger partial charge in [-0.2, -0.15) is 5.10 Å². The second kappa shape index (κ2) is 6.26. The fourth-order valence-electron chi connectivity index (χ4n) is 2.88. The molecule has 2 N–H and O–H groups in total. The van der Waals surface area contributed by atoms with Gasteiger partial charge in [-0.15, -0.1) is 0 Å². The van der Waals surface area contributed by atoms with Crippen LogP contribution >= 0.6 is 11.6 Å². The van der Waals surface area contributed by atoms with E-state index < -0.39 is 0 Å². The summed E-state index contributed by atoms with van der Waals surface area (Å²) in [4.78, 5) is 12.6. The van der Waals surface area contributed by atoms with E-state index in [4.69, 9.17) is 16.3 Å². The van der Waals surface area contributed by atoms with Crippen molar-refractivity contribution in [1.29, 1.82) is 0 Å². The van der Waals surface area contributed by atoms with Crippen LogP contribution in [0.25, 0.3) is 17.0 Å². The highest BCUT2D eigenvalue weighted by molar-refractivity contribution is 6.30. The van der Waals surface area contributed by atoms with Crippen LogP contribution in [0.15, 0.2) is 48.2 Å². The van der Waals surface area contributed by atoms with Gasteiger partial charge in [0.15, 0.2) is 0 Å². The lowest BCUT2D eigenvalue weighted by Gasteiger charge is -2.20. The van der Waals surface area contributed by atoms with Crippen molar-refractivity contribution in [3.8, 4) is 5.75 Å². The number of H-pyrrole nitrogens is 1. The molecule has 25 heavy (non-hydrogen) atoms. The number of carbonyl (C=O) groups excluding carboxylic acids is 1. The molecule has 0 bridgehead atoms. The van der Waals surface area contributed by atoms with E-state index in [1.54, 1.807) is 18.3 Å². The van der Waals surface area contributed by atoms with Gasteiger partial charge in [0.05, 0.1) is 23.3 Å². The number of aromatic amines is 1. The number of rotatable bonds is 3. The largest absolute Gasteiger partial charge is 0.488 e. The number of carbonyl (C=O) groups is 1. The maximum Gasteiger partial charge on any atom is 0.251 e. The molecule has 1 unspecified atom stereocenters. The van der Waals surface area contributed by atoms with Crippen molar-refractivity contribution in [2.45, 2.75) is 13.0 Å². The van der Waals surface area contributed by atoms with Gasteiger partial charge in [0, 0.05) is 16.0 Å². The number of amides is 1. The quantitative estimate of drug-likeness (QED) is 0.751. The van der Waals surface area contributed by atoms with Crippen molar-refractivity contribution in [1.82, 2.24) is 15.5 Å². The number of fused-ring (bicyclic) bond motifs is 2. The fraction of sp³-hybridized carbons (Fsp3) is 0.158. The molecular weight excluding hydrogens is 338 g/mol. The normalized spacial score (nSPS) is 14.4. The Labute approximate surface area is 149 Å². The van der Waals surface area contributed by atoms with Gasteiger partial charge in [-0.1, -0.05) is 17.7 Å². The topological polar surface area (TPSA) is 67.0 Å². The van der Waals surface area contributed by atoms with Gasteiger partial charge in [0.2, 0.25) is 0 Å². The first kappa shape index (κ1) is 15.7. The standard InChI is InChI=1S/C19H16ClN3O2/c1-11(12-2-4-17-14(6-12)9-21-23-17)22-19(24)15-7-13-8-16(20)3-5-18(13)25-10-15/h2-9,11H,10H2,1H3,(H,21,23)(H,22,24). The predicted octanol–water partition coefficient (Wildman–Crippen LogP) is 3.87. The second-order valence-electron chi connectivity index (χ2n) is 6.05. The Kier molecular flexibility index (Phi) is 3.93. The molecule has 5 nitrogen and oxygen atoms in total. The van der Waals surface area contributed by atoms with E-state index in [2.05, 4.69) is 15.5 Å². The van der Waals surface area contributed by atoms with Crippen molar-refractivity contribution in [3.05, 3.63) is 64.3 Å². The van der Waals surface area contributed by atoms with Gasteiger partial charge in [-0.3, -0.25) is 9.89 Å². The van der Waals surface area contributed by atoms with E-state index >= 15 is 0 Å². The molecule has 2 heterocycles. The number of aromatic nitrogens is 2. The van der Waals surface area contributed by atoms with Crippen molar-refractivity contribution >= 4 is 34.5 Å². The molecule has 0 aliphatic carbocycles. The minimum atomic E-state index is -0.148.